The van der Waals surface area contributed by atoms with E-state index in [0.29, 0.717) is 11.5 Å². The molecule has 0 unspecified atom stereocenters. The number of nitrogens with one attached hydrogen (secondary N) is 1. The van der Waals surface area contributed by atoms with E-state index in [1.54, 1.807) is 0 Å². The summed E-state index contributed by atoms with van der Waals surface area (Å²) in [7, 11) is 0. The van der Waals surface area contributed by atoms with Crippen LogP contribution < -0.4 is 5.32 Å². The number of pyridine rings is 1. The molecule has 0 bridgehead atoms. The predicted molar refractivity (Wildman–Crippen MR) is 76.3 cm³/mol. The first-order valence-electron chi connectivity index (χ1n) is 6.78. The lowest BCUT2D eigenvalue weighted by Gasteiger charge is -2.36. The highest BCUT2D eigenvalue weighted by atomic mass is 79.9. The third-order valence-corrected chi connectivity index (χ3v) is 4.84. The van der Waals surface area contributed by atoms with Gasteiger partial charge in [-0.05, 0) is 25.0 Å². The lowest BCUT2D eigenvalue weighted by molar-refractivity contribution is -0.137. The maximum atomic E-state index is 12.5. The number of carbonyl (C=O) groups is 1. The molecule has 1 aromatic heterocycles. The van der Waals surface area contributed by atoms with Crippen LogP contribution in [0.2, 0.25) is 0 Å². The summed E-state index contributed by atoms with van der Waals surface area (Å²) in [5.74, 6) is -0.426. The fourth-order valence-electron chi connectivity index (χ4n) is 2.52. The van der Waals surface area contributed by atoms with E-state index in [9.17, 15) is 18.0 Å². The maximum absolute atomic E-state index is 12.5. The second kappa shape index (κ2) is 6.34. The molecule has 21 heavy (non-hydrogen) atoms. The molecule has 1 N–H and O–H groups in total. The van der Waals surface area contributed by atoms with Crippen molar-refractivity contribution in [1.82, 2.24) is 10.3 Å². The van der Waals surface area contributed by atoms with Gasteiger partial charge in [-0.1, -0.05) is 35.2 Å². The van der Waals surface area contributed by atoms with Crippen molar-refractivity contribution in [3.8, 4) is 0 Å². The van der Waals surface area contributed by atoms with E-state index in [1.807, 2.05) is 0 Å². The second-order valence-corrected chi connectivity index (χ2v) is 5.92. The molecule has 2 rings (SSSR count). The molecule has 1 fully saturated rings. The number of hydrogen-bond acceptors (Lipinski definition) is 2. The van der Waals surface area contributed by atoms with Crippen LogP contribution in [0, 0.1) is 0 Å². The highest BCUT2D eigenvalue weighted by Crippen LogP contribution is 2.31. The van der Waals surface area contributed by atoms with E-state index in [4.69, 9.17) is 0 Å². The van der Waals surface area contributed by atoms with Crippen molar-refractivity contribution in [2.75, 3.05) is 5.33 Å². The first-order chi connectivity index (χ1) is 9.86. The van der Waals surface area contributed by atoms with Crippen molar-refractivity contribution in [1.29, 1.82) is 0 Å². The quantitative estimate of drug-likeness (QED) is 0.825. The van der Waals surface area contributed by atoms with Crippen LogP contribution in [0.4, 0.5) is 13.2 Å². The van der Waals surface area contributed by atoms with Gasteiger partial charge in [0.25, 0.3) is 5.91 Å². The molecule has 0 aromatic carbocycles. The Morgan fingerprint density at radius 1 is 1.29 bits per heavy atom. The number of amides is 1. The molecule has 3 nitrogen and oxygen atoms in total. The van der Waals surface area contributed by atoms with Crippen LogP contribution >= 0.6 is 15.9 Å². The van der Waals surface area contributed by atoms with Crippen molar-refractivity contribution in [2.24, 2.45) is 0 Å². The third kappa shape index (κ3) is 3.96. The van der Waals surface area contributed by atoms with Crippen molar-refractivity contribution in [2.45, 2.75) is 43.8 Å². The highest BCUT2D eigenvalue weighted by molar-refractivity contribution is 9.09. The molecule has 0 radical (unpaired) electrons. The first-order valence-corrected chi connectivity index (χ1v) is 7.90. The summed E-state index contributed by atoms with van der Waals surface area (Å²) in [5, 5.41) is 3.56. The molecule has 1 saturated carbocycles. The Kier molecular flexibility index (Phi) is 4.91. The molecule has 1 aliphatic carbocycles. The Morgan fingerprint density at radius 2 is 1.95 bits per heavy atom. The highest BCUT2D eigenvalue weighted by Gasteiger charge is 2.34. The molecule has 0 saturated heterocycles. The van der Waals surface area contributed by atoms with Gasteiger partial charge in [-0.3, -0.25) is 9.78 Å². The first kappa shape index (κ1) is 16.3. The lowest BCUT2D eigenvalue weighted by atomic mass is 9.83. The van der Waals surface area contributed by atoms with Crippen LogP contribution in [-0.4, -0.2) is 21.8 Å². The topological polar surface area (TPSA) is 42.0 Å². The standard InChI is InChI=1S/C14H16BrF3N2O/c15-9-13(6-2-1-3-7-13)20-12(21)11-5-4-10(8-19-11)14(16,17)18/h4-5,8H,1-3,6-7,9H2,(H,20,21). The van der Waals surface area contributed by atoms with Crippen molar-refractivity contribution >= 4 is 21.8 Å². The molecule has 0 aliphatic heterocycles. The Hall–Kier alpha value is -1.11. The zero-order valence-electron chi connectivity index (χ0n) is 11.3. The Morgan fingerprint density at radius 3 is 2.43 bits per heavy atom. The van der Waals surface area contributed by atoms with Gasteiger partial charge in [-0.15, -0.1) is 0 Å². The van der Waals surface area contributed by atoms with Gasteiger partial charge in [-0.25, -0.2) is 0 Å². The molecule has 1 aromatic rings. The monoisotopic (exact) mass is 364 g/mol. The summed E-state index contributed by atoms with van der Waals surface area (Å²) in [5.41, 5.74) is -1.17. The van der Waals surface area contributed by atoms with E-state index in [-0.39, 0.29) is 11.2 Å². The van der Waals surface area contributed by atoms with Gasteiger partial charge in [0.15, 0.2) is 0 Å². The van der Waals surface area contributed by atoms with Crippen LogP contribution in [0.15, 0.2) is 18.3 Å². The van der Waals surface area contributed by atoms with Gasteiger partial charge >= 0.3 is 6.18 Å². The molecule has 1 heterocycles. The van der Waals surface area contributed by atoms with E-state index >= 15 is 0 Å². The number of nitrogens with zero attached hydrogens (tertiary/aromatic N) is 1. The SMILES string of the molecule is O=C(NC1(CBr)CCCCC1)c1ccc(C(F)(F)F)cn1. The summed E-state index contributed by atoms with van der Waals surface area (Å²) in [4.78, 5) is 15.8. The van der Waals surface area contributed by atoms with Crippen LogP contribution in [-0.2, 0) is 6.18 Å². The van der Waals surface area contributed by atoms with Crippen LogP contribution in [0.5, 0.6) is 0 Å². The molecule has 0 spiro atoms. The largest absolute Gasteiger partial charge is 0.417 e. The average Bonchev–Trinajstić information content (AvgIpc) is 2.47. The number of rotatable bonds is 3. The average molecular weight is 365 g/mol. The number of halogens is 4. The van der Waals surface area contributed by atoms with Crippen LogP contribution in [0.25, 0.3) is 0 Å². The number of carbonyl (C=O) groups excluding carboxylic acids is 1. The fraction of sp³-hybridized carbons (Fsp3) is 0.571. The minimum Gasteiger partial charge on any atom is -0.344 e. The van der Waals surface area contributed by atoms with Gasteiger partial charge in [0.2, 0.25) is 0 Å². The summed E-state index contributed by atoms with van der Waals surface area (Å²) in [6.45, 7) is 0. The summed E-state index contributed by atoms with van der Waals surface area (Å²) in [6, 6.07) is 1.99. The number of aromatic nitrogens is 1. The van der Waals surface area contributed by atoms with Gasteiger partial charge < -0.3 is 5.32 Å². The zero-order chi connectivity index (χ0) is 15.5. The number of alkyl halides is 4. The second-order valence-electron chi connectivity index (χ2n) is 5.36. The Labute approximate surface area is 129 Å². The smallest absolute Gasteiger partial charge is 0.344 e. The summed E-state index contributed by atoms with van der Waals surface area (Å²) < 4.78 is 37.4. The van der Waals surface area contributed by atoms with E-state index in [1.165, 1.54) is 0 Å². The molecular weight excluding hydrogens is 349 g/mol. The van der Waals surface area contributed by atoms with Gasteiger partial charge in [0, 0.05) is 11.5 Å². The number of hydrogen-bond donors (Lipinski definition) is 1. The Balaban J connectivity index is 2.09. The fourth-order valence-corrected chi connectivity index (χ4v) is 3.22. The molecule has 0 atom stereocenters. The minimum absolute atomic E-state index is 0.00824. The molecule has 1 aliphatic rings. The van der Waals surface area contributed by atoms with E-state index in [0.717, 1.165) is 44.2 Å². The molecule has 116 valence electrons. The van der Waals surface area contributed by atoms with Gasteiger partial charge in [-0.2, -0.15) is 13.2 Å². The normalized spacial score (nSPS) is 18.3. The zero-order valence-corrected chi connectivity index (χ0v) is 12.9. The van der Waals surface area contributed by atoms with E-state index < -0.39 is 17.6 Å². The maximum Gasteiger partial charge on any atom is 0.417 e. The van der Waals surface area contributed by atoms with Gasteiger partial charge in [0.1, 0.15) is 5.69 Å². The molecular formula is C14H16BrF3N2O. The van der Waals surface area contributed by atoms with Gasteiger partial charge in [0.05, 0.1) is 11.1 Å². The van der Waals surface area contributed by atoms with Crippen molar-refractivity contribution in [3.63, 3.8) is 0 Å². The van der Waals surface area contributed by atoms with Crippen molar-refractivity contribution in [3.05, 3.63) is 29.6 Å². The molecule has 7 heteroatoms. The minimum atomic E-state index is -4.44. The summed E-state index contributed by atoms with van der Waals surface area (Å²) >= 11 is 3.42. The predicted octanol–water partition coefficient (Wildman–Crippen LogP) is 3.93. The van der Waals surface area contributed by atoms with Crippen LogP contribution in [0.1, 0.15) is 48.2 Å². The molecule has 1 amide bonds. The van der Waals surface area contributed by atoms with Crippen LogP contribution in [0.3, 0.4) is 0 Å². The summed E-state index contributed by atoms with van der Waals surface area (Å²) in [6.07, 6.45) is 1.19. The Bertz CT molecular complexity index is 496. The van der Waals surface area contributed by atoms with E-state index in [2.05, 4.69) is 26.2 Å². The third-order valence-electron chi connectivity index (χ3n) is 3.77. The van der Waals surface area contributed by atoms with Crippen molar-refractivity contribution < 1.29 is 18.0 Å². The lowest BCUT2D eigenvalue weighted by Crippen LogP contribution is -2.51.